The van der Waals surface area contributed by atoms with Gasteiger partial charge >= 0.3 is 6.01 Å². The SMILES string of the molecule is Cc1ccc(CC(=O)Nc2nnc(Cc3ccc4c(c3)OCO4)o2)cc1. The number of hydrogen-bond acceptors (Lipinski definition) is 6. The summed E-state index contributed by atoms with van der Waals surface area (Å²) in [4.78, 5) is 12.1. The number of aromatic nitrogens is 2. The summed E-state index contributed by atoms with van der Waals surface area (Å²) in [6, 6.07) is 13.5. The lowest BCUT2D eigenvalue weighted by Crippen LogP contribution is -2.14. The van der Waals surface area contributed by atoms with Crippen molar-refractivity contribution in [2.45, 2.75) is 19.8 Å². The number of rotatable bonds is 5. The van der Waals surface area contributed by atoms with Crippen LogP contribution in [0.1, 0.15) is 22.6 Å². The number of benzene rings is 2. The molecule has 0 aliphatic carbocycles. The Morgan fingerprint density at radius 3 is 2.65 bits per heavy atom. The lowest BCUT2D eigenvalue weighted by Gasteiger charge is -2.02. The highest BCUT2D eigenvalue weighted by Gasteiger charge is 2.15. The third-order valence-electron chi connectivity index (χ3n) is 3.99. The molecule has 2 heterocycles. The number of fused-ring (bicyclic) bond motifs is 1. The van der Waals surface area contributed by atoms with Crippen molar-refractivity contribution in [1.82, 2.24) is 10.2 Å². The van der Waals surface area contributed by atoms with E-state index in [0.29, 0.717) is 18.1 Å². The summed E-state index contributed by atoms with van der Waals surface area (Å²) in [6.07, 6.45) is 0.692. The maximum absolute atomic E-state index is 12.1. The fourth-order valence-corrected chi connectivity index (χ4v) is 2.66. The zero-order chi connectivity index (χ0) is 17.9. The molecule has 3 aromatic rings. The third kappa shape index (κ3) is 3.66. The number of carbonyl (C=O) groups excluding carboxylic acids is 1. The minimum Gasteiger partial charge on any atom is -0.454 e. The molecule has 132 valence electrons. The van der Waals surface area contributed by atoms with Crippen LogP contribution in [0.5, 0.6) is 11.5 Å². The van der Waals surface area contributed by atoms with Crippen LogP contribution in [0.2, 0.25) is 0 Å². The minimum atomic E-state index is -0.202. The van der Waals surface area contributed by atoms with Crippen LogP contribution in [0.25, 0.3) is 0 Å². The van der Waals surface area contributed by atoms with Gasteiger partial charge in [0.05, 0.1) is 12.8 Å². The summed E-state index contributed by atoms with van der Waals surface area (Å²) < 4.78 is 16.1. The van der Waals surface area contributed by atoms with Gasteiger partial charge in [-0.05, 0) is 30.2 Å². The highest BCUT2D eigenvalue weighted by Crippen LogP contribution is 2.33. The molecule has 0 saturated carbocycles. The van der Waals surface area contributed by atoms with Gasteiger partial charge in [0.25, 0.3) is 0 Å². The first-order chi connectivity index (χ1) is 12.7. The van der Waals surface area contributed by atoms with E-state index in [1.54, 1.807) is 0 Å². The molecular formula is C19H17N3O4. The molecule has 4 rings (SSSR count). The van der Waals surface area contributed by atoms with Crippen molar-refractivity contribution < 1.29 is 18.7 Å². The van der Waals surface area contributed by atoms with Crippen LogP contribution in [-0.2, 0) is 17.6 Å². The van der Waals surface area contributed by atoms with Crippen molar-refractivity contribution in [1.29, 1.82) is 0 Å². The molecule has 0 saturated heterocycles. The Morgan fingerprint density at radius 2 is 1.81 bits per heavy atom. The monoisotopic (exact) mass is 351 g/mol. The second-order valence-corrected chi connectivity index (χ2v) is 6.08. The van der Waals surface area contributed by atoms with E-state index < -0.39 is 0 Å². The van der Waals surface area contributed by atoms with Gasteiger partial charge in [0.15, 0.2) is 11.5 Å². The van der Waals surface area contributed by atoms with Crippen LogP contribution in [0.3, 0.4) is 0 Å². The summed E-state index contributed by atoms with van der Waals surface area (Å²) in [5, 5.41) is 10.5. The predicted octanol–water partition coefficient (Wildman–Crippen LogP) is 2.88. The molecule has 0 fully saturated rings. The van der Waals surface area contributed by atoms with Crippen molar-refractivity contribution in [3.8, 4) is 11.5 Å². The van der Waals surface area contributed by atoms with E-state index in [1.807, 2.05) is 49.4 Å². The molecule has 2 aromatic carbocycles. The van der Waals surface area contributed by atoms with Crippen molar-refractivity contribution in [3.05, 3.63) is 65.0 Å². The van der Waals surface area contributed by atoms with E-state index in [0.717, 1.165) is 22.4 Å². The molecular weight excluding hydrogens is 334 g/mol. The van der Waals surface area contributed by atoms with Crippen LogP contribution < -0.4 is 14.8 Å². The Kier molecular flexibility index (Phi) is 4.27. The van der Waals surface area contributed by atoms with Gasteiger partial charge < -0.3 is 13.9 Å². The Balaban J connectivity index is 1.37. The van der Waals surface area contributed by atoms with Gasteiger partial charge in [-0.1, -0.05) is 41.0 Å². The molecule has 1 aliphatic rings. The molecule has 0 spiro atoms. The van der Waals surface area contributed by atoms with Crippen LogP contribution in [0, 0.1) is 6.92 Å². The number of ether oxygens (including phenoxy) is 2. The predicted molar refractivity (Wildman–Crippen MR) is 93.2 cm³/mol. The van der Waals surface area contributed by atoms with Crippen molar-refractivity contribution in [2.75, 3.05) is 12.1 Å². The summed E-state index contributed by atoms with van der Waals surface area (Å²) in [5.74, 6) is 1.64. The highest BCUT2D eigenvalue weighted by molar-refractivity contribution is 5.90. The molecule has 26 heavy (non-hydrogen) atoms. The van der Waals surface area contributed by atoms with Crippen LogP contribution in [-0.4, -0.2) is 22.9 Å². The van der Waals surface area contributed by atoms with Crippen molar-refractivity contribution in [3.63, 3.8) is 0 Å². The van der Waals surface area contributed by atoms with Crippen LogP contribution >= 0.6 is 0 Å². The fraction of sp³-hybridized carbons (Fsp3) is 0.211. The lowest BCUT2D eigenvalue weighted by atomic mass is 10.1. The maximum Gasteiger partial charge on any atom is 0.322 e. The van der Waals surface area contributed by atoms with Crippen molar-refractivity contribution in [2.24, 2.45) is 0 Å². The van der Waals surface area contributed by atoms with E-state index in [1.165, 1.54) is 0 Å². The Bertz CT molecular complexity index is 934. The molecule has 1 N–H and O–H groups in total. The van der Waals surface area contributed by atoms with E-state index in [4.69, 9.17) is 13.9 Å². The summed E-state index contributed by atoms with van der Waals surface area (Å²) in [6.45, 7) is 2.24. The van der Waals surface area contributed by atoms with Gasteiger partial charge in [-0.3, -0.25) is 10.1 Å². The lowest BCUT2D eigenvalue weighted by molar-refractivity contribution is -0.115. The second-order valence-electron chi connectivity index (χ2n) is 6.08. The molecule has 0 atom stereocenters. The molecule has 7 heteroatoms. The van der Waals surface area contributed by atoms with Gasteiger partial charge in [-0.15, -0.1) is 5.10 Å². The van der Waals surface area contributed by atoms with E-state index in [9.17, 15) is 4.79 Å². The zero-order valence-electron chi connectivity index (χ0n) is 14.2. The Labute approximate surface area is 150 Å². The average Bonchev–Trinajstić information content (AvgIpc) is 3.26. The molecule has 0 unspecified atom stereocenters. The number of aryl methyl sites for hydroxylation is 1. The number of carbonyl (C=O) groups is 1. The van der Waals surface area contributed by atoms with Crippen molar-refractivity contribution >= 4 is 11.9 Å². The molecule has 0 bridgehead atoms. The number of amides is 1. The van der Waals surface area contributed by atoms with Gasteiger partial charge in [0.2, 0.25) is 18.6 Å². The van der Waals surface area contributed by atoms with Crippen LogP contribution in [0.15, 0.2) is 46.9 Å². The Morgan fingerprint density at radius 1 is 1.04 bits per heavy atom. The average molecular weight is 351 g/mol. The maximum atomic E-state index is 12.1. The topological polar surface area (TPSA) is 86.5 Å². The second kappa shape index (κ2) is 6.87. The van der Waals surface area contributed by atoms with Crippen LogP contribution in [0.4, 0.5) is 6.01 Å². The van der Waals surface area contributed by atoms with E-state index >= 15 is 0 Å². The molecule has 1 amide bonds. The van der Waals surface area contributed by atoms with Gasteiger partial charge in [-0.25, -0.2) is 0 Å². The van der Waals surface area contributed by atoms with Gasteiger partial charge in [-0.2, -0.15) is 0 Å². The van der Waals surface area contributed by atoms with E-state index in [-0.39, 0.29) is 25.1 Å². The number of hydrogen-bond donors (Lipinski definition) is 1. The quantitative estimate of drug-likeness (QED) is 0.761. The summed E-state index contributed by atoms with van der Waals surface area (Å²) in [5.41, 5.74) is 3.03. The first-order valence-electron chi connectivity index (χ1n) is 8.22. The number of anilines is 1. The smallest absolute Gasteiger partial charge is 0.322 e. The number of nitrogens with zero attached hydrogens (tertiary/aromatic N) is 2. The largest absolute Gasteiger partial charge is 0.454 e. The van der Waals surface area contributed by atoms with Gasteiger partial charge in [0.1, 0.15) is 0 Å². The standard InChI is InChI=1S/C19H17N3O4/c1-12-2-4-13(5-3-12)9-17(23)20-19-22-21-18(26-19)10-14-6-7-15-16(8-14)25-11-24-15/h2-8H,9-11H2,1H3,(H,20,22,23). The fourth-order valence-electron chi connectivity index (χ4n) is 2.66. The normalized spacial score (nSPS) is 12.2. The molecule has 1 aromatic heterocycles. The highest BCUT2D eigenvalue weighted by atomic mass is 16.7. The Hall–Kier alpha value is -3.35. The number of nitrogens with one attached hydrogen (secondary N) is 1. The van der Waals surface area contributed by atoms with E-state index in [2.05, 4.69) is 15.5 Å². The molecule has 7 nitrogen and oxygen atoms in total. The summed E-state index contributed by atoms with van der Waals surface area (Å²) >= 11 is 0. The first kappa shape index (κ1) is 16.1. The molecule has 0 radical (unpaired) electrons. The zero-order valence-corrected chi connectivity index (χ0v) is 14.2. The molecule has 1 aliphatic heterocycles. The third-order valence-corrected chi connectivity index (χ3v) is 3.99. The summed E-state index contributed by atoms with van der Waals surface area (Å²) in [7, 11) is 0. The minimum absolute atomic E-state index is 0.0952. The first-order valence-corrected chi connectivity index (χ1v) is 8.22. The van der Waals surface area contributed by atoms with Gasteiger partial charge in [0, 0.05) is 0 Å².